The Morgan fingerprint density at radius 3 is 2.74 bits per heavy atom. The molecule has 0 bridgehead atoms. The SMILES string of the molecule is C=CCc1cc(/C=N/NC(=O)Nc2ccccc2CC)cc(OCC)c1O. The number of urea groups is 1. The molecule has 0 heterocycles. The number of nitrogens with zero attached hydrogens (tertiary/aromatic N) is 1. The molecule has 0 aromatic heterocycles. The summed E-state index contributed by atoms with van der Waals surface area (Å²) in [6, 6.07) is 10.6. The second-order valence-electron chi connectivity index (χ2n) is 5.79. The summed E-state index contributed by atoms with van der Waals surface area (Å²) in [7, 11) is 0. The monoisotopic (exact) mass is 367 g/mol. The van der Waals surface area contributed by atoms with Crippen LogP contribution in [0.1, 0.15) is 30.5 Å². The second-order valence-corrected chi connectivity index (χ2v) is 5.79. The first-order valence-corrected chi connectivity index (χ1v) is 8.86. The summed E-state index contributed by atoms with van der Waals surface area (Å²) < 4.78 is 5.45. The van der Waals surface area contributed by atoms with Gasteiger partial charge in [-0.3, -0.25) is 0 Å². The van der Waals surface area contributed by atoms with Gasteiger partial charge < -0.3 is 15.2 Å². The van der Waals surface area contributed by atoms with Gasteiger partial charge in [0.25, 0.3) is 0 Å². The Labute approximate surface area is 159 Å². The maximum atomic E-state index is 12.0. The highest BCUT2D eigenvalue weighted by Crippen LogP contribution is 2.31. The lowest BCUT2D eigenvalue weighted by atomic mass is 10.1. The van der Waals surface area contributed by atoms with Crippen molar-refractivity contribution in [1.29, 1.82) is 0 Å². The predicted molar refractivity (Wildman–Crippen MR) is 109 cm³/mol. The standard InChI is InChI=1S/C21H25N3O3/c1-4-9-17-12-15(13-19(20(17)25)27-6-3)14-22-24-21(26)23-18-11-8-7-10-16(18)5-2/h4,7-8,10-14,25H,1,5-6,9H2,2-3H3,(H2,23,24,26)/b22-14+. The molecule has 142 valence electrons. The molecule has 0 spiro atoms. The van der Waals surface area contributed by atoms with Crippen molar-refractivity contribution in [3.05, 3.63) is 65.7 Å². The minimum atomic E-state index is -0.428. The Kier molecular flexibility index (Phi) is 7.43. The van der Waals surface area contributed by atoms with Gasteiger partial charge in [0, 0.05) is 11.3 Å². The first-order valence-electron chi connectivity index (χ1n) is 8.86. The first kappa shape index (κ1) is 20.0. The summed E-state index contributed by atoms with van der Waals surface area (Å²) >= 11 is 0. The Bertz CT molecular complexity index is 831. The average molecular weight is 367 g/mol. The molecule has 0 aliphatic heterocycles. The van der Waals surface area contributed by atoms with Gasteiger partial charge >= 0.3 is 6.03 Å². The van der Waals surface area contributed by atoms with Gasteiger partial charge in [0.2, 0.25) is 0 Å². The van der Waals surface area contributed by atoms with Crippen LogP contribution in [0, 0.1) is 0 Å². The van der Waals surface area contributed by atoms with E-state index in [0.717, 1.165) is 17.7 Å². The lowest BCUT2D eigenvalue weighted by Gasteiger charge is -2.11. The van der Waals surface area contributed by atoms with E-state index in [2.05, 4.69) is 22.4 Å². The number of aromatic hydroxyl groups is 1. The topological polar surface area (TPSA) is 83.0 Å². The van der Waals surface area contributed by atoms with Crippen LogP contribution < -0.4 is 15.5 Å². The van der Waals surface area contributed by atoms with Crippen molar-refractivity contribution in [2.24, 2.45) is 5.10 Å². The Morgan fingerprint density at radius 2 is 2.04 bits per heavy atom. The Balaban J connectivity index is 2.08. The summed E-state index contributed by atoms with van der Waals surface area (Å²) in [5.41, 5.74) is 5.62. The zero-order chi connectivity index (χ0) is 19.6. The molecular weight excluding hydrogens is 342 g/mol. The van der Waals surface area contributed by atoms with Crippen LogP contribution in [-0.4, -0.2) is 24.0 Å². The molecule has 0 saturated heterocycles. The lowest BCUT2D eigenvalue weighted by molar-refractivity contribution is 0.252. The van der Waals surface area contributed by atoms with Crippen LogP contribution in [0.5, 0.6) is 11.5 Å². The fourth-order valence-corrected chi connectivity index (χ4v) is 2.61. The fraction of sp³-hybridized carbons (Fsp3) is 0.238. The fourth-order valence-electron chi connectivity index (χ4n) is 2.61. The van der Waals surface area contributed by atoms with Crippen molar-refractivity contribution >= 4 is 17.9 Å². The molecule has 0 unspecified atom stereocenters. The number of para-hydroxylation sites is 1. The number of nitrogens with one attached hydrogen (secondary N) is 2. The molecular formula is C21H25N3O3. The zero-order valence-electron chi connectivity index (χ0n) is 15.7. The van der Waals surface area contributed by atoms with Gasteiger partial charge in [-0.2, -0.15) is 5.10 Å². The zero-order valence-corrected chi connectivity index (χ0v) is 15.7. The van der Waals surface area contributed by atoms with E-state index < -0.39 is 6.03 Å². The van der Waals surface area contributed by atoms with Gasteiger partial charge in [-0.25, -0.2) is 10.2 Å². The van der Waals surface area contributed by atoms with Crippen LogP contribution in [0.2, 0.25) is 0 Å². The smallest absolute Gasteiger partial charge is 0.339 e. The number of hydrazone groups is 1. The number of amides is 2. The number of phenolic OH excluding ortho intramolecular Hbond substituents is 1. The number of aryl methyl sites for hydroxylation is 1. The molecule has 3 N–H and O–H groups in total. The third-order valence-electron chi connectivity index (χ3n) is 3.87. The minimum absolute atomic E-state index is 0.0933. The highest BCUT2D eigenvalue weighted by atomic mass is 16.5. The quantitative estimate of drug-likeness (QED) is 0.371. The van der Waals surface area contributed by atoms with Crippen molar-refractivity contribution < 1.29 is 14.6 Å². The van der Waals surface area contributed by atoms with E-state index in [1.807, 2.05) is 38.1 Å². The highest BCUT2D eigenvalue weighted by molar-refractivity contribution is 5.91. The van der Waals surface area contributed by atoms with Crippen molar-refractivity contribution in [3.8, 4) is 11.5 Å². The third kappa shape index (κ3) is 5.60. The molecule has 0 aliphatic rings. The van der Waals surface area contributed by atoms with Gasteiger partial charge in [0.15, 0.2) is 11.5 Å². The third-order valence-corrected chi connectivity index (χ3v) is 3.87. The van der Waals surface area contributed by atoms with E-state index in [4.69, 9.17) is 4.74 Å². The van der Waals surface area contributed by atoms with Gasteiger partial charge in [-0.1, -0.05) is 31.2 Å². The van der Waals surface area contributed by atoms with Crippen molar-refractivity contribution in [2.75, 3.05) is 11.9 Å². The molecule has 0 radical (unpaired) electrons. The maximum absolute atomic E-state index is 12.0. The molecule has 6 heteroatoms. The number of anilines is 1. The minimum Gasteiger partial charge on any atom is -0.504 e. The summed E-state index contributed by atoms with van der Waals surface area (Å²) in [5, 5.41) is 17.0. The molecule has 2 amide bonds. The van der Waals surface area contributed by atoms with Crippen molar-refractivity contribution in [2.45, 2.75) is 26.7 Å². The molecule has 0 aliphatic carbocycles. The average Bonchev–Trinajstić information content (AvgIpc) is 2.66. The molecule has 2 aromatic carbocycles. The van der Waals surface area contributed by atoms with E-state index >= 15 is 0 Å². The molecule has 2 rings (SSSR count). The summed E-state index contributed by atoms with van der Waals surface area (Å²) in [5.74, 6) is 0.468. The first-order chi connectivity index (χ1) is 13.1. The van der Waals surface area contributed by atoms with Crippen molar-refractivity contribution in [1.82, 2.24) is 5.43 Å². The summed E-state index contributed by atoms with van der Waals surface area (Å²) in [6.45, 7) is 7.99. The van der Waals surface area contributed by atoms with Gasteiger partial charge in [-0.15, -0.1) is 6.58 Å². The lowest BCUT2D eigenvalue weighted by Crippen LogP contribution is -2.24. The van der Waals surface area contributed by atoms with Crippen LogP contribution in [-0.2, 0) is 12.8 Å². The number of phenols is 1. The van der Waals surface area contributed by atoms with E-state index in [0.29, 0.717) is 29.9 Å². The van der Waals surface area contributed by atoms with Crippen LogP contribution >= 0.6 is 0 Å². The van der Waals surface area contributed by atoms with Crippen LogP contribution in [0.4, 0.5) is 10.5 Å². The number of carbonyl (C=O) groups is 1. The van der Waals surface area contributed by atoms with E-state index in [-0.39, 0.29) is 5.75 Å². The number of hydrogen-bond acceptors (Lipinski definition) is 4. The van der Waals surface area contributed by atoms with Crippen LogP contribution in [0.25, 0.3) is 0 Å². The normalized spacial score (nSPS) is 10.6. The summed E-state index contributed by atoms with van der Waals surface area (Å²) in [4.78, 5) is 12.0. The number of hydrogen-bond donors (Lipinski definition) is 3. The number of benzene rings is 2. The Morgan fingerprint density at radius 1 is 1.26 bits per heavy atom. The Hall–Kier alpha value is -3.28. The van der Waals surface area contributed by atoms with E-state index in [1.54, 1.807) is 18.2 Å². The number of ether oxygens (including phenoxy) is 1. The molecule has 27 heavy (non-hydrogen) atoms. The molecule has 0 fully saturated rings. The number of allylic oxidation sites excluding steroid dienone is 1. The number of carbonyl (C=O) groups excluding carboxylic acids is 1. The second kappa shape index (κ2) is 10.0. The van der Waals surface area contributed by atoms with Crippen LogP contribution in [0.3, 0.4) is 0 Å². The van der Waals surface area contributed by atoms with E-state index in [9.17, 15) is 9.90 Å². The van der Waals surface area contributed by atoms with Crippen molar-refractivity contribution in [3.63, 3.8) is 0 Å². The van der Waals surface area contributed by atoms with Gasteiger partial charge in [-0.05, 0) is 49.1 Å². The van der Waals surface area contributed by atoms with E-state index in [1.165, 1.54) is 6.21 Å². The molecule has 6 nitrogen and oxygen atoms in total. The molecule has 2 aromatic rings. The maximum Gasteiger partial charge on any atom is 0.339 e. The highest BCUT2D eigenvalue weighted by Gasteiger charge is 2.10. The number of rotatable bonds is 8. The van der Waals surface area contributed by atoms with Gasteiger partial charge in [0.05, 0.1) is 12.8 Å². The predicted octanol–water partition coefficient (Wildman–Crippen LogP) is 4.24. The van der Waals surface area contributed by atoms with Gasteiger partial charge in [0.1, 0.15) is 0 Å². The molecule has 0 atom stereocenters. The van der Waals surface area contributed by atoms with Crippen LogP contribution in [0.15, 0.2) is 54.2 Å². The largest absolute Gasteiger partial charge is 0.504 e. The molecule has 0 saturated carbocycles. The summed E-state index contributed by atoms with van der Waals surface area (Å²) in [6.07, 6.45) is 4.51.